The summed E-state index contributed by atoms with van der Waals surface area (Å²) < 4.78 is 5.43. The van der Waals surface area contributed by atoms with Crippen LogP contribution in [0, 0.1) is 0 Å². The molecule has 0 aromatic carbocycles. The molecular weight excluding hydrogens is 280 g/mol. The lowest BCUT2D eigenvalue weighted by molar-refractivity contribution is 0.0276. The molecule has 0 bridgehead atoms. The zero-order chi connectivity index (χ0) is 16.3. The third kappa shape index (κ3) is 5.16. The first-order valence-corrected chi connectivity index (χ1v) is 8.23. The van der Waals surface area contributed by atoms with E-state index < -0.39 is 5.60 Å². The second kappa shape index (κ2) is 6.86. The molecule has 126 valence electrons. The number of rotatable bonds is 4. The van der Waals surface area contributed by atoms with Gasteiger partial charge in [-0.15, -0.1) is 0 Å². The van der Waals surface area contributed by atoms with E-state index in [1.807, 2.05) is 20.8 Å². The lowest BCUT2D eigenvalue weighted by Gasteiger charge is -2.31. The lowest BCUT2D eigenvalue weighted by atomic mass is 10.2. The fourth-order valence-corrected chi connectivity index (χ4v) is 2.46. The van der Waals surface area contributed by atoms with E-state index in [1.54, 1.807) is 4.90 Å². The normalized spacial score (nSPS) is 20.6. The number of amidine groups is 1. The fraction of sp³-hybridized carbons (Fsp3) is 0.875. The van der Waals surface area contributed by atoms with Crippen molar-refractivity contribution in [2.45, 2.75) is 58.2 Å². The van der Waals surface area contributed by atoms with Gasteiger partial charge in [-0.2, -0.15) is 0 Å². The van der Waals surface area contributed by atoms with Crippen LogP contribution in [0.15, 0.2) is 4.99 Å². The molecule has 1 fully saturated rings. The van der Waals surface area contributed by atoms with Crippen molar-refractivity contribution in [3.63, 3.8) is 0 Å². The fourth-order valence-electron chi connectivity index (χ4n) is 2.46. The first-order chi connectivity index (χ1) is 10.3. The van der Waals surface area contributed by atoms with E-state index in [1.165, 1.54) is 12.8 Å². The summed E-state index contributed by atoms with van der Waals surface area (Å²) in [6.07, 6.45) is 2.37. The molecule has 1 saturated carbocycles. The largest absolute Gasteiger partial charge is 0.444 e. The van der Waals surface area contributed by atoms with Gasteiger partial charge in [-0.3, -0.25) is 14.8 Å². The smallest absolute Gasteiger partial charge is 0.410 e. The minimum atomic E-state index is -0.458. The highest BCUT2D eigenvalue weighted by molar-refractivity contribution is 5.87. The standard InChI is InChI=1S/C16H30N4O2/c1-12(19(5)13-6-7-13)10-18-14-11-20(9-8-17-14)15(21)22-16(2,3)4/h12-13H,6-11H2,1-5H3,(H,17,18). The maximum atomic E-state index is 12.1. The number of hydrogen-bond donors (Lipinski definition) is 1. The van der Waals surface area contributed by atoms with Gasteiger partial charge >= 0.3 is 6.09 Å². The van der Waals surface area contributed by atoms with E-state index in [0.29, 0.717) is 25.7 Å². The van der Waals surface area contributed by atoms with Gasteiger partial charge in [-0.1, -0.05) is 0 Å². The summed E-state index contributed by atoms with van der Waals surface area (Å²) in [5.74, 6) is 0.883. The topological polar surface area (TPSA) is 57.2 Å². The molecule has 2 aliphatic rings. The first kappa shape index (κ1) is 17.1. The monoisotopic (exact) mass is 310 g/mol. The highest BCUT2D eigenvalue weighted by atomic mass is 16.6. The number of aliphatic imine (C=N–C) groups is 1. The first-order valence-electron chi connectivity index (χ1n) is 8.23. The van der Waals surface area contributed by atoms with Crippen LogP contribution in [0.1, 0.15) is 40.5 Å². The molecule has 22 heavy (non-hydrogen) atoms. The third-order valence-electron chi connectivity index (χ3n) is 4.08. The molecule has 1 atom stereocenters. The molecule has 1 aliphatic heterocycles. The molecule has 1 aliphatic carbocycles. The van der Waals surface area contributed by atoms with Crippen molar-refractivity contribution in [2.75, 3.05) is 33.2 Å². The summed E-state index contributed by atoms with van der Waals surface area (Å²) >= 11 is 0. The van der Waals surface area contributed by atoms with Gasteiger partial charge in [-0.05, 0) is 47.6 Å². The van der Waals surface area contributed by atoms with Crippen molar-refractivity contribution < 1.29 is 9.53 Å². The van der Waals surface area contributed by atoms with Crippen LogP contribution in [0.2, 0.25) is 0 Å². The molecule has 6 nitrogen and oxygen atoms in total. The van der Waals surface area contributed by atoms with E-state index in [9.17, 15) is 4.79 Å². The lowest BCUT2D eigenvalue weighted by Crippen LogP contribution is -2.49. The van der Waals surface area contributed by atoms with Gasteiger partial charge in [-0.25, -0.2) is 4.79 Å². The highest BCUT2D eigenvalue weighted by Crippen LogP contribution is 2.26. The predicted molar refractivity (Wildman–Crippen MR) is 88.4 cm³/mol. The van der Waals surface area contributed by atoms with Crippen LogP contribution in [-0.4, -0.2) is 72.6 Å². The number of ether oxygens (including phenoxy) is 1. The number of nitrogens with zero attached hydrogens (tertiary/aromatic N) is 3. The van der Waals surface area contributed by atoms with Gasteiger partial charge in [0.15, 0.2) is 0 Å². The predicted octanol–water partition coefficient (Wildman–Crippen LogP) is 1.71. The minimum Gasteiger partial charge on any atom is -0.444 e. The maximum absolute atomic E-state index is 12.1. The highest BCUT2D eigenvalue weighted by Gasteiger charge is 2.29. The second-order valence-electron chi connectivity index (χ2n) is 7.36. The third-order valence-corrected chi connectivity index (χ3v) is 4.08. The Morgan fingerprint density at radius 1 is 1.50 bits per heavy atom. The molecule has 1 N–H and O–H groups in total. The molecule has 1 unspecified atom stereocenters. The molecular formula is C16H30N4O2. The van der Waals surface area contributed by atoms with Gasteiger partial charge in [0.25, 0.3) is 0 Å². The van der Waals surface area contributed by atoms with Crippen LogP contribution in [0.4, 0.5) is 4.79 Å². The number of carbonyl (C=O) groups is 1. The summed E-state index contributed by atoms with van der Waals surface area (Å²) in [4.78, 5) is 20.7. The van der Waals surface area contributed by atoms with Crippen molar-refractivity contribution >= 4 is 11.9 Å². The summed E-state index contributed by atoms with van der Waals surface area (Å²) in [7, 11) is 2.18. The van der Waals surface area contributed by atoms with Crippen LogP contribution in [0.3, 0.4) is 0 Å². The molecule has 0 aromatic rings. The quantitative estimate of drug-likeness (QED) is 0.859. The summed E-state index contributed by atoms with van der Waals surface area (Å²) in [5.41, 5.74) is -0.458. The van der Waals surface area contributed by atoms with E-state index in [0.717, 1.165) is 18.4 Å². The number of carbonyl (C=O) groups excluding carboxylic acids is 1. The van der Waals surface area contributed by atoms with Crippen LogP contribution in [0.25, 0.3) is 0 Å². The molecule has 6 heteroatoms. The van der Waals surface area contributed by atoms with Crippen molar-refractivity contribution in [1.29, 1.82) is 0 Å². The van der Waals surface area contributed by atoms with Crippen molar-refractivity contribution in [3.8, 4) is 0 Å². The van der Waals surface area contributed by atoms with E-state index in [4.69, 9.17) is 4.74 Å². The van der Waals surface area contributed by atoms with E-state index in [2.05, 4.69) is 29.2 Å². The molecule has 2 rings (SSSR count). The molecule has 0 saturated heterocycles. The van der Waals surface area contributed by atoms with Crippen LogP contribution in [-0.2, 0) is 4.74 Å². The maximum Gasteiger partial charge on any atom is 0.410 e. The SMILES string of the molecule is CC(CNC1=NCCN(C(=O)OC(C)(C)C)C1)N(C)C1CC1. The Morgan fingerprint density at radius 2 is 2.18 bits per heavy atom. The number of nitrogens with one attached hydrogen (secondary N) is 1. The Balaban J connectivity index is 1.77. The Bertz CT molecular complexity index is 426. The van der Waals surface area contributed by atoms with Gasteiger partial charge in [0, 0.05) is 25.2 Å². The molecule has 1 amide bonds. The van der Waals surface area contributed by atoms with Gasteiger partial charge in [0.2, 0.25) is 0 Å². The average Bonchev–Trinajstić information content (AvgIpc) is 3.27. The van der Waals surface area contributed by atoms with E-state index in [-0.39, 0.29) is 6.09 Å². The number of hydrogen-bond acceptors (Lipinski definition) is 5. The molecule has 1 heterocycles. The zero-order valence-electron chi connectivity index (χ0n) is 14.6. The summed E-state index contributed by atoms with van der Waals surface area (Å²) in [6, 6.07) is 1.22. The Labute approximate surface area is 133 Å². The number of likely N-dealkylation sites (N-methyl/N-ethyl adjacent to an activating group) is 1. The second-order valence-corrected chi connectivity index (χ2v) is 7.36. The zero-order valence-corrected chi connectivity index (χ0v) is 14.6. The summed E-state index contributed by atoms with van der Waals surface area (Å²) in [5, 5.41) is 3.39. The van der Waals surface area contributed by atoms with E-state index >= 15 is 0 Å². The van der Waals surface area contributed by atoms with Gasteiger partial charge in [0.1, 0.15) is 11.4 Å². The van der Waals surface area contributed by atoms with Crippen molar-refractivity contribution in [1.82, 2.24) is 15.1 Å². The van der Waals surface area contributed by atoms with Crippen molar-refractivity contribution in [3.05, 3.63) is 0 Å². The van der Waals surface area contributed by atoms with Crippen LogP contribution < -0.4 is 5.32 Å². The Kier molecular flexibility index (Phi) is 5.32. The Hall–Kier alpha value is -1.30. The number of amides is 1. The Morgan fingerprint density at radius 3 is 2.77 bits per heavy atom. The summed E-state index contributed by atoms with van der Waals surface area (Å²) in [6.45, 7) is 10.5. The average molecular weight is 310 g/mol. The van der Waals surface area contributed by atoms with Crippen molar-refractivity contribution in [2.24, 2.45) is 4.99 Å². The van der Waals surface area contributed by atoms with Gasteiger partial charge < -0.3 is 10.1 Å². The molecule has 0 aromatic heterocycles. The van der Waals surface area contributed by atoms with Crippen LogP contribution in [0.5, 0.6) is 0 Å². The molecule has 0 radical (unpaired) electrons. The van der Waals surface area contributed by atoms with Crippen LogP contribution >= 0.6 is 0 Å². The molecule has 0 spiro atoms. The minimum absolute atomic E-state index is 0.259. The van der Waals surface area contributed by atoms with Gasteiger partial charge in [0.05, 0.1) is 13.1 Å².